The van der Waals surface area contributed by atoms with E-state index in [4.69, 9.17) is 11.6 Å². The van der Waals surface area contributed by atoms with Crippen LogP contribution in [0.4, 0.5) is 24.7 Å². The van der Waals surface area contributed by atoms with E-state index in [1.54, 1.807) is 4.90 Å². The minimum absolute atomic E-state index is 0.00875. The second-order valence-corrected chi connectivity index (χ2v) is 5.31. The lowest BCUT2D eigenvalue weighted by Crippen LogP contribution is -2.26. The Labute approximate surface area is 124 Å². The summed E-state index contributed by atoms with van der Waals surface area (Å²) in [5, 5.41) is -0.219. The first-order valence-corrected chi connectivity index (χ1v) is 6.73. The number of nitrogens with zero attached hydrogens (tertiary/aromatic N) is 3. The smallest absolute Gasteiger partial charge is 0.323 e. The fraction of sp³-hybridized carbons (Fsp3) is 0.286. The molecule has 0 saturated heterocycles. The van der Waals surface area contributed by atoms with Crippen molar-refractivity contribution in [2.45, 2.75) is 25.6 Å². The number of halogens is 4. The molecule has 110 valence electrons. The summed E-state index contributed by atoms with van der Waals surface area (Å²) in [5.41, 5.74) is 1.93. The van der Waals surface area contributed by atoms with Crippen LogP contribution in [0, 0.1) is 0 Å². The monoisotopic (exact) mass is 313 g/mol. The van der Waals surface area contributed by atoms with Crippen molar-refractivity contribution in [2.24, 2.45) is 0 Å². The highest BCUT2D eigenvalue weighted by Gasteiger charge is 2.37. The third-order valence-electron chi connectivity index (χ3n) is 3.39. The Morgan fingerprint density at radius 3 is 2.67 bits per heavy atom. The summed E-state index contributed by atoms with van der Waals surface area (Å²) < 4.78 is 38.5. The van der Waals surface area contributed by atoms with Gasteiger partial charge < -0.3 is 4.90 Å². The van der Waals surface area contributed by atoms with Gasteiger partial charge in [0.15, 0.2) is 0 Å². The van der Waals surface area contributed by atoms with Gasteiger partial charge in [-0.15, -0.1) is 0 Å². The van der Waals surface area contributed by atoms with Crippen LogP contribution in [-0.4, -0.2) is 16.0 Å². The van der Waals surface area contributed by atoms with E-state index < -0.39 is 12.0 Å². The summed E-state index contributed by atoms with van der Waals surface area (Å²) in [7, 11) is 0. The number of aromatic nitrogens is 2. The molecule has 2 aromatic rings. The van der Waals surface area contributed by atoms with E-state index in [1.807, 2.05) is 31.2 Å². The molecule has 1 aliphatic heterocycles. The molecule has 0 bridgehead atoms. The Bertz CT molecular complexity index is 687. The van der Waals surface area contributed by atoms with Gasteiger partial charge in [0.2, 0.25) is 5.82 Å². The number of alkyl halides is 3. The molecule has 0 fully saturated rings. The third-order valence-corrected chi connectivity index (χ3v) is 3.58. The molecule has 0 radical (unpaired) electrons. The van der Waals surface area contributed by atoms with Crippen molar-refractivity contribution in [3.8, 4) is 0 Å². The SMILES string of the molecule is CC1Cc2ccccc2N1c1cc(Cl)nc(C(F)(F)F)n1. The Morgan fingerprint density at radius 2 is 1.95 bits per heavy atom. The van der Waals surface area contributed by atoms with Crippen LogP contribution in [-0.2, 0) is 12.6 Å². The predicted octanol–water partition coefficient (Wildman–Crippen LogP) is 4.23. The first-order chi connectivity index (χ1) is 9.86. The molecule has 0 N–H and O–H groups in total. The van der Waals surface area contributed by atoms with Gasteiger partial charge in [-0.2, -0.15) is 13.2 Å². The maximum Gasteiger partial charge on any atom is 0.451 e. The lowest BCUT2D eigenvalue weighted by Gasteiger charge is -2.24. The summed E-state index contributed by atoms with van der Waals surface area (Å²) in [6, 6.07) is 8.94. The summed E-state index contributed by atoms with van der Waals surface area (Å²) >= 11 is 5.73. The number of fused-ring (bicyclic) bond motifs is 1. The largest absolute Gasteiger partial charge is 0.451 e. The van der Waals surface area contributed by atoms with Gasteiger partial charge in [0.05, 0.1) is 0 Å². The average molecular weight is 314 g/mol. The van der Waals surface area contributed by atoms with E-state index >= 15 is 0 Å². The Kier molecular flexibility index (Phi) is 3.28. The van der Waals surface area contributed by atoms with Crippen molar-refractivity contribution >= 4 is 23.1 Å². The zero-order valence-electron chi connectivity index (χ0n) is 11.0. The molecule has 0 amide bonds. The first kappa shape index (κ1) is 14.1. The van der Waals surface area contributed by atoms with E-state index in [1.165, 1.54) is 6.07 Å². The normalized spacial score (nSPS) is 18.0. The molecule has 1 aromatic heterocycles. The number of hydrogen-bond donors (Lipinski definition) is 0. The summed E-state index contributed by atoms with van der Waals surface area (Å²) in [5.74, 6) is -1.05. The van der Waals surface area contributed by atoms with E-state index in [2.05, 4.69) is 9.97 Å². The molecule has 1 aliphatic rings. The third kappa shape index (κ3) is 2.55. The minimum Gasteiger partial charge on any atom is -0.323 e. The van der Waals surface area contributed by atoms with Gasteiger partial charge in [-0.05, 0) is 25.0 Å². The molecule has 1 unspecified atom stereocenters. The number of hydrogen-bond acceptors (Lipinski definition) is 3. The molecule has 3 rings (SSSR count). The highest BCUT2D eigenvalue weighted by molar-refractivity contribution is 6.29. The number of rotatable bonds is 1. The lowest BCUT2D eigenvalue weighted by molar-refractivity contribution is -0.144. The number of benzene rings is 1. The van der Waals surface area contributed by atoms with Crippen molar-refractivity contribution in [1.82, 2.24) is 9.97 Å². The second kappa shape index (κ2) is 4.87. The molecular formula is C14H11ClF3N3. The van der Waals surface area contributed by atoms with Gasteiger partial charge in [-0.3, -0.25) is 0 Å². The van der Waals surface area contributed by atoms with Gasteiger partial charge in [0, 0.05) is 17.8 Å². The molecule has 3 nitrogen and oxygen atoms in total. The van der Waals surface area contributed by atoms with E-state index in [9.17, 15) is 13.2 Å². The average Bonchev–Trinajstić information content (AvgIpc) is 2.72. The van der Waals surface area contributed by atoms with E-state index in [-0.39, 0.29) is 17.0 Å². The van der Waals surface area contributed by atoms with Crippen LogP contribution in [0.1, 0.15) is 18.3 Å². The fourth-order valence-electron chi connectivity index (χ4n) is 2.57. The quantitative estimate of drug-likeness (QED) is 0.738. The van der Waals surface area contributed by atoms with Gasteiger partial charge in [-0.1, -0.05) is 29.8 Å². The van der Waals surface area contributed by atoms with Crippen molar-refractivity contribution in [3.05, 3.63) is 46.9 Å². The number of anilines is 2. The lowest BCUT2D eigenvalue weighted by atomic mass is 10.1. The number of para-hydroxylation sites is 1. The Balaban J connectivity index is 2.11. The van der Waals surface area contributed by atoms with E-state index in [0.717, 1.165) is 17.7 Å². The molecule has 1 atom stereocenters. The minimum atomic E-state index is -4.62. The van der Waals surface area contributed by atoms with Gasteiger partial charge in [0.25, 0.3) is 0 Å². The van der Waals surface area contributed by atoms with E-state index in [0.29, 0.717) is 0 Å². The fourth-order valence-corrected chi connectivity index (χ4v) is 2.75. The standard InChI is InChI=1S/C14H11ClF3N3/c1-8-6-9-4-2-3-5-10(9)21(8)12-7-11(15)19-13(20-12)14(16,17)18/h2-5,7-8H,6H2,1H3. The van der Waals surface area contributed by atoms with Crippen molar-refractivity contribution < 1.29 is 13.2 Å². The van der Waals surface area contributed by atoms with Crippen molar-refractivity contribution in [1.29, 1.82) is 0 Å². The molecule has 1 aromatic carbocycles. The van der Waals surface area contributed by atoms with Crippen molar-refractivity contribution in [3.63, 3.8) is 0 Å². The van der Waals surface area contributed by atoms with Crippen LogP contribution in [0.5, 0.6) is 0 Å². The molecule has 0 saturated carbocycles. The summed E-state index contributed by atoms with van der Waals surface area (Å²) in [6.45, 7) is 1.93. The van der Waals surface area contributed by atoms with Crippen LogP contribution in [0.3, 0.4) is 0 Å². The van der Waals surface area contributed by atoms with Gasteiger partial charge in [-0.25, -0.2) is 9.97 Å². The molecular weight excluding hydrogens is 303 g/mol. The zero-order chi connectivity index (χ0) is 15.2. The zero-order valence-corrected chi connectivity index (χ0v) is 11.8. The van der Waals surface area contributed by atoms with Crippen LogP contribution in [0.15, 0.2) is 30.3 Å². The first-order valence-electron chi connectivity index (χ1n) is 6.35. The molecule has 2 heterocycles. The van der Waals surface area contributed by atoms with Crippen LogP contribution >= 0.6 is 11.6 Å². The maximum absolute atomic E-state index is 12.8. The molecule has 7 heteroatoms. The second-order valence-electron chi connectivity index (χ2n) is 4.92. The van der Waals surface area contributed by atoms with Gasteiger partial charge in [0.1, 0.15) is 11.0 Å². The van der Waals surface area contributed by atoms with Crippen LogP contribution < -0.4 is 4.90 Å². The summed E-state index contributed by atoms with van der Waals surface area (Å²) in [6.07, 6.45) is -3.87. The van der Waals surface area contributed by atoms with Crippen LogP contribution in [0.2, 0.25) is 5.15 Å². The van der Waals surface area contributed by atoms with Gasteiger partial charge >= 0.3 is 6.18 Å². The Morgan fingerprint density at radius 1 is 1.24 bits per heavy atom. The highest BCUT2D eigenvalue weighted by Crippen LogP contribution is 2.38. The summed E-state index contributed by atoms with van der Waals surface area (Å²) in [4.78, 5) is 8.66. The Hall–Kier alpha value is -1.82. The van der Waals surface area contributed by atoms with Crippen molar-refractivity contribution in [2.75, 3.05) is 4.90 Å². The maximum atomic E-state index is 12.8. The predicted molar refractivity (Wildman–Crippen MR) is 73.8 cm³/mol. The topological polar surface area (TPSA) is 29.0 Å². The van der Waals surface area contributed by atoms with Crippen LogP contribution in [0.25, 0.3) is 0 Å². The molecule has 0 aliphatic carbocycles. The molecule has 21 heavy (non-hydrogen) atoms. The molecule has 0 spiro atoms. The highest BCUT2D eigenvalue weighted by atomic mass is 35.5.